The molecular weight excluding hydrogens is 214 g/mol. The number of carbonyl (C=O) groups excluding carboxylic acids is 1. The minimum atomic E-state index is 0.142. The highest BCUT2D eigenvalue weighted by atomic mass is 16.5. The molecule has 0 aliphatic carbocycles. The second-order valence-corrected chi connectivity index (χ2v) is 4.14. The number of methoxy groups -OCH3 is 1. The number of benzene rings is 1. The monoisotopic (exact) mass is 231 g/mol. The zero-order valence-electron chi connectivity index (χ0n) is 10.0. The van der Waals surface area contributed by atoms with Crippen LogP contribution in [0.5, 0.6) is 0 Å². The molecule has 0 spiro atoms. The Kier molecular flexibility index (Phi) is 3.94. The highest BCUT2D eigenvalue weighted by Gasteiger charge is 2.23. The van der Waals surface area contributed by atoms with Gasteiger partial charge >= 0.3 is 0 Å². The molecule has 1 atom stereocenters. The molecule has 17 heavy (non-hydrogen) atoms. The lowest BCUT2D eigenvalue weighted by Crippen LogP contribution is -2.31. The van der Waals surface area contributed by atoms with E-state index in [4.69, 9.17) is 4.74 Å². The first-order valence-electron chi connectivity index (χ1n) is 5.82. The molecule has 2 rings (SSSR count). The van der Waals surface area contributed by atoms with Crippen LogP contribution in [0.15, 0.2) is 42.6 Å². The van der Waals surface area contributed by atoms with Gasteiger partial charge in [0.2, 0.25) is 0 Å². The summed E-state index contributed by atoms with van der Waals surface area (Å²) in [6.07, 6.45) is 4.07. The fourth-order valence-electron chi connectivity index (χ4n) is 2.07. The molecule has 1 aromatic rings. The Morgan fingerprint density at radius 1 is 1.35 bits per heavy atom. The molecule has 0 radical (unpaired) electrons. The Balaban J connectivity index is 2.17. The third-order valence-electron chi connectivity index (χ3n) is 2.98. The van der Waals surface area contributed by atoms with E-state index < -0.39 is 0 Å². The Morgan fingerprint density at radius 3 is 2.82 bits per heavy atom. The molecule has 0 amide bonds. The molecule has 0 N–H and O–H groups in total. The van der Waals surface area contributed by atoms with Crippen LogP contribution in [-0.4, -0.2) is 30.9 Å². The number of allylic oxidation sites excluding steroid dienone is 1. The molecule has 1 heterocycles. The van der Waals surface area contributed by atoms with Crippen LogP contribution < -0.4 is 0 Å². The molecule has 0 aromatic heterocycles. The molecule has 3 nitrogen and oxygen atoms in total. The van der Waals surface area contributed by atoms with Gasteiger partial charge in [-0.2, -0.15) is 0 Å². The van der Waals surface area contributed by atoms with Crippen LogP contribution in [0, 0.1) is 0 Å². The SMILES string of the molecule is COCCN1C=CC(=O)CC1c1ccccc1. The van der Waals surface area contributed by atoms with Crippen LogP contribution in [0.3, 0.4) is 0 Å². The summed E-state index contributed by atoms with van der Waals surface area (Å²) >= 11 is 0. The molecule has 1 unspecified atom stereocenters. The van der Waals surface area contributed by atoms with Gasteiger partial charge in [-0.3, -0.25) is 4.79 Å². The second kappa shape index (κ2) is 5.64. The fraction of sp³-hybridized carbons (Fsp3) is 0.357. The summed E-state index contributed by atoms with van der Waals surface area (Å²) in [7, 11) is 1.69. The summed E-state index contributed by atoms with van der Waals surface area (Å²) in [6.45, 7) is 1.47. The van der Waals surface area contributed by atoms with E-state index in [-0.39, 0.29) is 11.8 Å². The number of ketones is 1. The van der Waals surface area contributed by atoms with Crippen LogP contribution in [0.25, 0.3) is 0 Å². The normalized spacial score (nSPS) is 19.7. The lowest BCUT2D eigenvalue weighted by Gasteiger charge is -2.32. The maximum Gasteiger partial charge on any atom is 0.159 e. The van der Waals surface area contributed by atoms with Gasteiger partial charge in [-0.15, -0.1) is 0 Å². The largest absolute Gasteiger partial charge is 0.383 e. The number of carbonyl (C=O) groups is 1. The van der Waals surface area contributed by atoms with Crippen molar-refractivity contribution in [3.63, 3.8) is 0 Å². The lowest BCUT2D eigenvalue weighted by atomic mass is 9.97. The summed E-state index contributed by atoms with van der Waals surface area (Å²) in [6, 6.07) is 10.3. The maximum atomic E-state index is 11.5. The summed E-state index contributed by atoms with van der Waals surface area (Å²) < 4.78 is 5.10. The summed E-state index contributed by atoms with van der Waals surface area (Å²) in [4.78, 5) is 13.7. The van der Waals surface area contributed by atoms with E-state index in [9.17, 15) is 4.79 Å². The van der Waals surface area contributed by atoms with Gasteiger partial charge in [-0.1, -0.05) is 30.3 Å². The van der Waals surface area contributed by atoms with Crippen LogP contribution in [0.4, 0.5) is 0 Å². The molecule has 3 heteroatoms. The molecule has 90 valence electrons. The lowest BCUT2D eigenvalue weighted by molar-refractivity contribution is -0.116. The Hall–Kier alpha value is -1.61. The molecule has 0 saturated carbocycles. The number of hydrogen-bond donors (Lipinski definition) is 0. The third kappa shape index (κ3) is 2.94. The van der Waals surface area contributed by atoms with E-state index in [1.54, 1.807) is 13.2 Å². The van der Waals surface area contributed by atoms with E-state index in [2.05, 4.69) is 17.0 Å². The zero-order valence-corrected chi connectivity index (χ0v) is 10.0. The Morgan fingerprint density at radius 2 is 2.12 bits per heavy atom. The van der Waals surface area contributed by atoms with Gasteiger partial charge in [0.25, 0.3) is 0 Å². The van der Waals surface area contributed by atoms with E-state index in [1.165, 1.54) is 5.56 Å². The Labute approximate surface area is 102 Å². The molecule has 1 aromatic carbocycles. The van der Waals surface area contributed by atoms with Crippen molar-refractivity contribution in [1.29, 1.82) is 0 Å². The van der Waals surface area contributed by atoms with Gasteiger partial charge in [0.1, 0.15) is 0 Å². The van der Waals surface area contributed by atoms with Gasteiger partial charge in [0.15, 0.2) is 5.78 Å². The molecule has 1 aliphatic rings. The van der Waals surface area contributed by atoms with Gasteiger partial charge < -0.3 is 9.64 Å². The zero-order chi connectivity index (χ0) is 12.1. The third-order valence-corrected chi connectivity index (χ3v) is 2.98. The van der Waals surface area contributed by atoms with Crippen LogP contribution in [-0.2, 0) is 9.53 Å². The van der Waals surface area contributed by atoms with Gasteiger partial charge in [-0.25, -0.2) is 0 Å². The number of ether oxygens (including phenoxy) is 1. The van der Waals surface area contributed by atoms with Crippen molar-refractivity contribution < 1.29 is 9.53 Å². The van der Waals surface area contributed by atoms with E-state index in [0.29, 0.717) is 13.0 Å². The molecule has 0 fully saturated rings. The van der Waals surface area contributed by atoms with Crippen LogP contribution in [0.2, 0.25) is 0 Å². The summed E-state index contributed by atoms with van der Waals surface area (Å²) in [5, 5.41) is 0. The fourth-order valence-corrected chi connectivity index (χ4v) is 2.07. The van der Waals surface area contributed by atoms with Crippen molar-refractivity contribution in [3.8, 4) is 0 Å². The molecule has 0 saturated heterocycles. The van der Waals surface area contributed by atoms with Crippen molar-refractivity contribution in [3.05, 3.63) is 48.2 Å². The Bertz CT molecular complexity index is 400. The maximum absolute atomic E-state index is 11.5. The molecule has 1 aliphatic heterocycles. The van der Waals surface area contributed by atoms with Gasteiger partial charge in [0.05, 0.1) is 12.6 Å². The van der Waals surface area contributed by atoms with Crippen molar-refractivity contribution in [1.82, 2.24) is 4.90 Å². The number of rotatable bonds is 4. The predicted molar refractivity (Wildman–Crippen MR) is 66.5 cm³/mol. The summed E-state index contributed by atoms with van der Waals surface area (Å²) in [5.74, 6) is 0.188. The standard InChI is InChI=1S/C14H17NO2/c1-17-10-9-15-8-7-13(16)11-14(15)12-5-3-2-4-6-12/h2-8,14H,9-11H2,1H3. The smallest absolute Gasteiger partial charge is 0.159 e. The first-order chi connectivity index (χ1) is 8.31. The highest BCUT2D eigenvalue weighted by molar-refractivity contribution is 5.90. The first kappa shape index (κ1) is 11.9. The van der Waals surface area contributed by atoms with Crippen molar-refractivity contribution in [2.24, 2.45) is 0 Å². The van der Waals surface area contributed by atoms with Crippen molar-refractivity contribution in [2.75, 3.05) is 20.3 Å². The van der Waals surface area contributed by atoms with Gasteiger partial charge in [0, 0.05) is 26.3 Å². The predicted octanol–water partition coefficient (Wildman–Crippen LogP) is 2.16. The minimum Gasteiger partial charge on any atom is -0.383 e. The number of hydrogen-bond acceptors (Lipinski definition) is 3. The van der Waals surface area contributed by atoms with E-state index >= 15 is 0 Å². The van der Waals surface area contributed by atoms with E-state index in [1.807, 2.05) is 24.4 Å². The van der Waals surface area contributed by atoms with Crippen LogP contribution >= 0.6 is 0 Å². The van der Waals surface area contributed by atoms with E-state index in [0.717, 1.165) is 6.54 Å². The quantitative estimate of drug-likeness (QED) is 0.795. The minimum absolute atomic E-state index is 0.142. The second-order valence-electron chi connectivity index (χ2n) is 4.14. The molecule has 0 bridgehead atoms. The molecular formula is C14H17NO2. The van der Waals surface area contributed by atoms with Crippen molar-refractivity contribution in [2.45, 2.75) is 12.5 Å². The highest BCUT2D eigenvalue weighted by Crippen LogP contribution is 2.27. The first-order valence-corrected chi connectivity index (χ1v) is 5.82. The topological polar surface area (TPSA) is 29.5 Å². The van der Waals surface area contributed by atoms with Crippen molar-refractivity contribution >= 4 is 5.78 Å². The van der Waals surface area contributed by atoms with Gasteiger partial charge in [-0.05, 0) is 11.6 Å². The average molecular weight is 231 g/mol. The number of nitrogens with zero attached hydrogens (tertiary/aromatic N) is 1. The summed E-state index contributed by atoms with van der Waals surface area (Å²) in [5.41, 5.74) is 1.18. The van der Waals surface area contributed by atoms with Crippen LogP contribution in [0.1, 0.15) is 18.0 Å². The average Bonchev–Trinajstić information content (AvgIpc) is 2.38.